The van der Waals surface area contributed by atoms with Crippen molar-refractivity contribution in [1.29, 1.82) is 5.26 Å². The first kappa shape index (κ1) is 13.8. The molecule has 0 aliphatic heterocycles. The molecule has 0 atom stereocenters. The molecule has 0 fully saturated rings. The quantitative estimate of drug-likeness (QED) is 0.901. The summed E-state index contributed by atoms with van der Waals surface area (Å²) in [5.74, 6) is -0.847. The van der Waals surface area contributed by atoms with Crippen molar-refractivity contribution in [1.82, 2.24) is 4.98 Å². The monoisotopic (exact) mass is 269 g/mol. The molecule has 0 saturated carbocycles. The molecule has 20 heavy (non-hydrogen) atoms. The molecule has 1 aromatic carbocycles. The molecule has 0 saturated heterocycles. The lowest BCUT2D eigenvalue weighted by atomic mass is 10.1. The summed E-state index contributed by atoms with van der Waals surface area (Å²) in [6.45, 7) is 2.95. The minimum atomic E-state index is -0.847. The van der Waals surface area contributed by atoms with Gasteiger partial charge in [0.2, 0.25) is 0 Å². The number of nitrogens with zero attached hydrogens (tertiary/aromatic N) is 3. The molecule has 1 N–H and O–H groups in total. The van der Waals surface area contributed by atoms with Crippen LogP contribution in [-0.4, -0.2) is 29.1 Å². The van der Waals surface area contributed by atoms with Crippen LogP contribution in [0.3, 0.4) is 0 Å². The van der Waals surface area contributed by atoms with Gasteiger partial charge < -0.3 is 10.0 Å². The Balaban J connectivity index is 2.54. The van der Waals surface area contributed by atoms with E-state index in [1.807, 2.05) is 36.1 Å². The van der Waals surface area contributed by atoms with Crippen molar-refractivity contribution in [2.45, 2.75) is 13.3 Å². The van der Waals surface area contributed by atoms with Crippen LogP contribution in [0.1, 0.15) is 18.9 Å². The number of hydrogen-bond acceptors (Lipinski definition) is 4. The summed E-state index contributed by atoms with van der Waals surface area (Å²) < 4.78 is 0. The SMILES string of the molecule is CCN(CCC(=O)O)c1c(C#N)cnc2ccccc12. The van der Waals surface area contributed by atoms with E-state index in [0.29, 0.717) is 18.7 Å². The Morgan fingerprint density at radius 1 is 1.45 bits per heavy atom. The van der Waals surface area contributed by atoms with E-state index in [2.05, 4.69) is 11.1 Å². The van der Waals surface area contributed by atoms with Crippen molar-refractivity contribution < 1.29 is 9.90 Å². The van der Waals surface area contributed by atoms with E-state index >= 15 is 0 Å². The molecule has 0 bridgehead atoms. The van der Waals surface area contributed by atoms with Crippen molar-refractivity contribution in [3.05, 3.63) is 36.0 Å². The minimum absolute atomic E-state index is 0.0371. The summed E-state index contributed by atoms with van der Waals surface area (Å²) in [7, 11) is 0. The summed E-state index contributed by atoms with van der Waals surface area (Å²) in [5, 5.41) is 19.0. The molecular formula is C15H15N3O2. The van der Waals surface area contributed by atoms with Crippen LogP contribution in [0.2, 0.25) is 0 Å². The number of aromatic nitrogens is 1. The summed E-state index contributed by atoms with van der Waals surface area (Å²) in [6, 6.07) is 9.70. The maximum atomic E-state index is 10.8. The first-order valence-corrected chi connectivity index (χ1v) is 6.42. The standard InChI is InChI=1S/C15H15N3O2/c1-2-18(8-7-14(19)20)15-11(9-16)10-17-13-6-4-3-5-12(13)15/h3-6,10H,2,7-8H2,1H3,(H,19,20). The van der Waals surface area contributed by atoms with Crippen molar-refractivity contribution in [2.75, 3.05) is 18.0 Å². The van der Waals surface area contributed by atoms with E-state index < -0.39 is 5.97 Å². The summed E-state index contributed by atoms with van der Waals surface area (Å²) >= 11 is 0. The van der Waals surface area contributed by atoms with Crippen molar-refractivity contribution in [3.63, 3.8) is 0 Å². The maximum Gasteiger partial charge on any atom is 0.305 e. The van der Waals surface area contributed by atoms with Crippen LogP contribution < -0.4 is 4.90 Å². The van der Waals surface area contributed by atoms with Gasteiger partial charge in [0.1, 0.15) is 6.07 Å². The second-order valence-electron chi connectivity index (χ2n) is 4.37. The number of carboxylic acid groups (broad SMARTS) is 1. The maximum absolute atomic E-state index is 10.8. The van der Waals surface area contributed by atoms with E-state index in [0.717, 1.165) is 16.6 Å². The highest BCUT2D eigenvalue weighted by Gasteiger charge is 2.15. The van der Waals surface area contributed by atoms with Gasteiger partial charge >= 0.3 is 5.97 Å². The Bertz CT molecular complexity index is 676. The third-order valence-corrected chi connectivity index (χ3v) is 3.16. The van der Waals surface area contributed by atoms with Crippen molar-refractivity contribution in [3.8, 4) is 6.07 Å². The number of hydrogen-bond donors (Lipinski definition) is 1. The fourth-order valence-electron chi connectivity index (χ4n) is 2.21. The van der Waals surface area contributed by atoms with Gasteiger partial charge in [0, 0.05) is 24.7 Å². The van der Waals surface area contributed by atoms with Crippen molar-refractivity contribution >= 4 is 22.6 Å². The van der Waals surface area contributed by atoms with Gasteiger partial charge in [-0.3, -0.25) is 9.78 Å². The Morgan fingerprint density at radius 2 is 2.20 bits per heavy atom. The number of aliphatic carboxylic acids is 1. The van der Waals surface area contributed by atoms with Crippen LogP contribution >= 0.6 is 0 Å². The van der Waals surface area contributed by atoms with Gasteiger partial charge in [-0.05, 0) is 13.0 Å². The number of carboxylic acids is 1. The molecule has 102 valence electrons. The third kappa shape index (κ3) is 2.69. The minimum Gasteiger partial charge on any atom is -0.481 e. The van der Waals surface area contributed by atoms with Gasteiger partial charge in [0.05, 0.1) is 23.2 Å². The van der Waals surface area contributed by atoms with Gasteiger partial charge in [-0.1, -0.05) is 18.2 Å². The van der Waals surface area contributed by atoms with Gasteiger partial charge in [-0.25, -0.2) is 0 Å². The number of pyridine rings is 1. The van der Waals surface area contributed by atoms with E-state index in [1.165, 1.54) is 0 Å². The van der Waals surface area contributed by atoms with Crippen LogP contribution in [0.5, 0.6) is 0 Å². The molecular weight excluding hydrogens is 254 g/mol. The predicted molar refractivity (Wildman–Crippen MR) is 76.6 cm³/mol. The molecule has 5 nitrogen and oxygen atoms in total. The zero-order valence-corrected chi connectivity index (χ0v) is 11.2. The Hall–Kier alpha value is -2.61. The first-order valence-electron chi connectivity index (χ1n) is 6.42. The Kier molecular flexibility index (Phi) is 4.16. The number of rotatable bonds is 5. The largest absolute Gasteiger partial charge is 0.481 e. The predicted octanol–water partition coefficient (Wildman–Crippen LogP) is 2.41. The van der Waals surface area contributed by atoms with Crippen LogP contribution in [0.15, 0.2) is 30.5 Å². The summed E-state index contributed by atoms with van der Waals surface area (Å²) in [5.41, 5.74) is 2.04. The van der Waals surface area contributed by atoms with Gasteiger partial charge in [-0.2, -0.15) is 5.26 Å². The van der Waals surface area contributed by atoms with Crippen LogP contribution in [0.25, 0.3) is 10.9 Å². The number of anilines is 1. The Morgan fingerprint density at radius 3 is 2.85 bits per heavy atom. The number of para-hydroxylation sites is 1. The van der Waals surface area contributed by atoms with E-state index in [-0.39, 0.29) is 6.42 Å². The van der Waals surface area contributed by atoms with Crippen LogP contribution in [0.4, 0.5) is 5.69 Å². The fourth-order valence-corrected chi connectivity index (χ4v) is 2.21. The average molecular weight is 269 g/mol. The van der Waals surface area contributed by atoms with Crippen molar-refractivity contribution in [2.24, 2.45) is 0 Å². The molecule has 0 radical (unpaired) electrons. The second kappa shape index (κ2) is 6.02. The van der Waals surface area contributed by atoms with E-state index in [9.17, 15) is 10.1 Å². The van der Waals surface area contributed by atoms with Gasteiger partial charge in [0.25, 0.3) is 0 Å². The number of nitriles is 1. The van der Waals surface area contributed by atoms with E-state index in [4.69, 9.17) is 5.11 Å². The van der Waals surface area contributed by atoms with E-state index in [1.54, 1.807) is 6.20 Å². The van der Waals surface area contributed by atoms with Gasteiger partial charge in [-0.15, -0.1) is 0 Å². The highest BCUT2D eigenvalue weighted by molar-refractivity contribution is 5.94. The molecule has 0 aliphatic carbocycles. The molecule has 5 heteroatoms. The highest BCUT2D eigenvalue weighted by atomic mass is 16.4. The lowest BCUT2D eigenvalue weighted by Gasteiger charge is -2.24. The number of fused-ring (bicyclic) bond motifs is 1. The lowest BCUT2D eigenvalue weighted by molar-refractivity contribution is -0.136. The normalized spacial score (nSPS) is 10.2. The summed E-state index contributed by atoms with van der Waals surface area (Å²) in [6.07, 6.45) is 1.58. The fraction of sp³-hybridized carbons (Fsp3) is 0.267. The topological polar surface area (TPSA) is 77.2 Å². The highest BCUT2D eigenvalue weighted by Crippen LogP contribution is 2.29. The van der Waals surface area contributed by atoms with Gasteiger partial charge in [0.15, 0.2) is 0 Å². The third-order valence-electron chi connectivity index (χ3n) is 3.16. The van der Waals surface area contributed by atoms with Crippen LogP contribution in [0, 0.1) is 11.3 Å². The molecule has 0 unspecified atom stereocenters. The molecule has 2 aromatic rings. The average Bonchev–Trinajstić information content (AvgIpc) is 2.47. The molecule has 0 spiro atoms. The number of benzene rings is 1. The lowest BCUT2D eigenvalue weighted by Crippen LogP contribution is -2.26. The molecule has 0 amide bonds. The Labute approximate surface area is 117 Å². The second-order valence-corrected chi connectivity index (χ2v) is 4.37. The molecule has 1 heterocycles. The molecule has 0 aliphatic rings. The summed E-state index contributed by atoms with van der Waals surface area (Å²) in [4.78, 5) is 16.9. The number of carbonyl (C=O) groups is 1. The molecule has 1 aromatic heterocycles. The van der Waals surface area contributed by atoms with Crippen LogP contribution in [-0.2, 0) is 4.79 Å². The first-order chi connectivity index (χ1) is 9.67. The zero-order valence-electron chi connectivity index (χ0n) is 11.2. The smallest absolute Gasteiger partial charge is 0.305 e. The zero-order chi connectivity index (χ0) is 14.5. The molecule has 2 rings (SSSR count).